The number of nitrogens with one attached hydrogen (secondary N) is 1. The van der Waals surface area contributed by atoms with Crippen molar-refractivity contribution in [2.45, 2.75) is 31.7 Å². The van der Waals surface area contributed by atoms with Crippen LogP contribution in [0.15, 0.2) is 42.7 Å². The predicted octanol–water partition coefficient (Wildman–Crippen LogP) is 3.12. The van der Waals surface area contributed by atoms with Crippen molar-refractivity contribution in [1.29, 1.82) is 0 Å². The summed E-state index contributed by atoms with van der Waals surface area (Å²) in [7, 11) is 0. The number of ether oxygens (including phenoxy) is 3. The van der Waals surface area contributed by atoms with E-state index in [4.69, 9.17) is 19.2 Å². The Morgan fingerprint density at radius 3 is 2.63 bits per heavy atom. The summed E-state index contributed by atoms with van der Waals surface area (Å²) in [6.07, 6.45) is 6.15. The Labute approximate surface area is 256 Å². The van der Waals surface area contributed by atoms with Gasteiger partial charge in [0.15, 0.2) is 0 Å². The Balaban J connectivity index is 0.00000329. The molecule has 0 aliphatic carbocycles. The number of carbonyl (C=O) groups excluding carboxylic acids is 2. The van der Waals surface area contributed by atoms with Gasteiger partial charge in [0.1, 0.15) is 18.9 Å². The minimum Gasteiger partial charge on any atom is -0.476 e. The second-order valence-corrected chi connectivity index (χ2v) is 10.9. The largest absolute Gasteiger partial charge is 0.476 e. The fraction of sp³-hybridized carbons (Fsp3) is 0.433. The van der Waals surface area contributed by atoms with Gasteiger partial charge in [0.2, 0.25) is 29.5 Å². The molecule has 1 N–H and O–H groups in total. The van der Waals surface area contributed by atoms with Crippen molar-refractivity contribution in [3.8, 4) is 22.9 Å². The van der Waals surface area contributed by atoms with Gasteiger partial charge in [-0.05, 0) is 36.6 Å². The van der Waals surface area contributed by atoms with E-state index in [9.17, 15) is 9.59 Å². The Morgan fingerprint density at radius 2 is 1.84 bits per heavy atom. The molecule has 0 bridgehead atoms. The first-order valence-electron chi connectivity index (χ1n) is 14.5. The third-order valence-corrected chi connectivity index (χ3v) is 8.15. The molecule has 2 amide bonds. The van der Waals surface area contributed by atoms with Gasteiger partial charge < -0.3 is 29.3 Å². The standard InChI is InChI=1S/C30H33N7O5.H2S/c38-26-2-1-9-36(26)22-5-3-20(4-6-22)24-18-32-30(34-28(24)41-15-12-35-10-13-40-14-11-35)33-21-16-25-29(31-17-21)42-19-23-7-8-27(39)37(23)25;/h3-6,16-18,23H,1-2,7-15,19H2,(H,32,33,34);1H2/t23-;/m0./s1. The molecule has 0 saturated carbocycles. The summed E-state index contributed by atoms with van der Waals surface area (Å²) >= 11 is 0. The van der Waals surface area contributed by atoms with Crippen molar-refractivity contribution in [2.75, 3.05) is 67.7 Å². The molecule has 3 saturated heterocycles. The highest BCUT2D eigenvalue weighted by atomic mass is 32.1. The molecule has 2 aromatic heterocycles. The van der Waals surface area contributed by atoms with Crippen LogP contribution in [0, 0.1) is 0 Å². The molecule has 1 atom stereocenters. The van der Waals surface area contributed by atoms with Crippen LogP contribution < -0.4 is 24.6 Å². The van der Waals surface area contributed by atoms with E-state index in [2.05, 4.69) is 20.2 Å². The van der Waals surface area contributed by atoms with Crippen LogP contribution >= 0.6 is 13.5 Å². The second-order valence-electron chi connectivity index (χ2n) is 10.9. The molecule has 43 heavy (non-hydrogen) atoms. The average Bonchev–Trinajstić information content (AvgIpc) is 3.63. The minimum atomic E-state index is 0. The SMILES string of the molecule is O=C1CCCN1c1ccc(-c2cnc(Nc3cnc4c(c3)N3C(=O)CC[C@H]3CO4)nc2OCCN2CCOCC2)cc1.S. The predicted molar refractivity (Wildman–Crippen MR) is 166 cm³/mol. The van der Waals surface area contributed by atoms with Crippen molar-refractivity contribution in [1.82, 2.24) is 19.9 Å². The molecule has 12 nitrogen and oxygen atoms in total. The zero-order valence-electron chi connectivity index (χ0n) is 23.8. The summed E-state index contributed by atoms with van der Waals surface area (Å²) in [5.74, 6) is 1.49. The fourth-order valence-electron chi connectivity index (χ4n) is 5.90. The van der Waals surface area contributed by atoms with E-state index in [1.165, 1.54) is 0 Å². The Morgan fingerprint density at radius 1 is 1.00 bits per heavy atom. The van der Waals surface area contributed by atoms with Crippen molar-refractivity contribution in [2.24, 2.45) is 0 Å². The third-order valence-electron chi connectivity index (χ3n) is 8.15. The zero-order valence-corrected chi connectivity index (χ0v) is 24.8. The topological polar surface area (TPSA) is 122 Å². The summed E-state index contributed by atoms with van der Waals surface area (Å²) in [6.45, 7) is 5.62. The first-order chi connectivity index (χ1) is 20.6. The number of hydrogen-bond donors (Lipinski definition) is 1. The maximum absolute atomic E-state index is 12.5. The number of aromatic nitrogens is 3. The first kappa shape index (κ1) is 29.1. The number of rotatable bonds is 8. The van der Waals surface area contributed by atoms with Gasteiger partial charge in [0.25, 0.3) is 0 Å². The van der Waals surface area contributed by atoms with Crippen molar-refractivity contribution in [3.05, 3.63) is 42.7 Å². The summed E-state index contributed by atoms with van der Waals surface area (Å²) in [5, 5.41) is 3.23. The van der Waals surface area contributed by atoms with Gasteiger partial charge in [-0.25, -0.2) is 9.97 Å². The van der Waals surface area contributed by atoms with Crippen molar-refractivity contribution >= 4 is 48.3 Å². The van der Waals surface area contributed by atoms with E-state index >= 15 is 0 Å². The lowest BCUT2D eigenvalue weighted by molar-refractivity contribution is -0.118. The van der Waals surface area contributed by atoms with Gasteiger partial charge in [0.05, 0.1) is 36.7 Å². The Kier molecular flexibility index (Phi) is 8.63. The third kappa shape index (κ3) is 6.10. The van der Waals surface area contributed by atoms with Gasteiger partial charge in [-0.2, -0.15) is 18.5 Å². The molecular formula is C30H35N7O5S. The maximum atomic E-state index is 12.5. The summed E-state index contributed by atoms with van der Waals surface area (Å²) < 4.78 is 17.5. The van der Waals surface area contributed by atoms with Crippen LogP contribution in [0.25, 0.3) is 11.1 Å². The molecule has 4 aliphatic rings. The summed E-state index contributed by atoms with van der Waals surface area (Å²) in [5.41, 5.74) is 3.84. The molecule has 7 rings (SSSR count). The normalized spacial score (nSPS) is 19.9. The quantitative estimate of drug-likeness (QED) is 0.410. The molecule has 1 aromatic carbocycles. The maximum Gasteiger partial charge on any atom is 0.238 e. The van der Waals surface area contributed by atoms with Crippen LogP contribution in [0.3, 0.4) is 0 Å². The number of benzene rings is 1. The fourth-order valence-corrected chi connectivity index (χ4v) is 5.90. The Bertz CT molecular complexity index is 1480. The molecule has 13 heteroatoms. The van der Waals surface area contributed by atoms with Gasteiger partial charge >= 0.3 is 0 Å². The highest BCUT2D eigenvalue weighted by Crippen LogP contribution is 2.39. The monoisotopic (exact) mass is 605 g/mol. The van der Waals surface area contributed by atoms with E-state index in [1.54, 1.807) is 17.3 Å². The summed E-state index contributed by atoms with van der Waals surface area (Å²) in [6, 6.07) is 9.74. The van der Waals surface area contributed by atoms with Gasteiger partial charge in [0, 0.05) is 50.9 Å². The Hall–Kier alpha value is -3.94. The molecule has 3 fully saturated rings. The van der Waals surface area contributed by atoms with E-state index in [-0.39, 0.29) is 31.4 Å². The van der Waals surface area contributed by atoms with E-state index in [0.717, 1.165) is 69.0 Å². The van der Waals surface area contributed by atoms with Crippen LogP contribution in [0.2, 0.25) is 0 Å². The zero-order chi connectivity index (χ0) is 28.5. The van der Waals surface area contributed by atoms with Crippen LogP contribution in [-0.4, -0.2) is 90.3 Å². The molecule has 3 aromatic rings. The smallest absolute Gasteiger partial charge is 0.238 e. The van der Waals surface area contributed by atoms with Crippen LogP contribution in [0.5, 0.6) is 11.8 Å². The van der Waals surface area contributed by atoms with Gasteiger partial charge in [-0.1, -0.05) is 12.1 Å². The lowest BCUT2D eigenvalue weighted by Crippen LogP contribution is -2.40. The van der Waals surface area contributed by atoms with Crippen LogP contribution in [0.4, 0.5) is 23.0 Å². The molecule has 4 aliphatic heterocycles. The minimum absolute atomic E-state index is 0. The number of morpholine rings is 1. The highest BCUT2D eigenvalue weighted by Gasteiger charge is 2.38. The molecule has 6 heterocycles. The molecule has 0 spiro atoms. The number of fused-ring (bicyclic) bond motifs is 3. The number of anilines is 4. The lowest BCUT2D eigenvalue weighted by atomic mass is 10.1. The van der Waals surface area contributed by atoms with Crippen molar-refractivity contribution < 1.29 is 23.8 Å². The number of amides is 2. The van der Waals surface area contributed by atoms with Crippen LogP contribution in [-0.2, 0) is 14.3 Å². The molecular weight excluding hydrogens is 570 g/mol. The van der Waals surface area contributed by atoms with E-state index in [0.29, 0.717) is 55.1 Å². The molecule has 0 radical (unpaired) electrons. The van der Waals surface area contributed by atoms with Crippen LogP contribution in [0.1, 0.15) is 25.7 Å². The number of hydrogen-bond acceptors (Lipinski definition) is 10. The molecule has 226 valence electrons. The van der Waals surface area contributed by atoms with Gasteiger partial charge in [-0.3, -0.25) is 14.5 Å². The van der Waals surface area contributed by atoms with Crippen molar-refractivity contribution in [3.63, 3.8) is 0 Å². The number of nitrogens with zero attached hydrogens (tertiary/aromatic N) is 6. The number of carbonyl (C=O) groups is 2. The number of pyridine rings is 1. The first-order valence-corrected chi connectivity index (χ1v) is 14.5. The highest BCUT2D eigenvalue weighted by molar-refractivity contribution is 7.59. The molecule has 0 unspecified atom stereocenters. The van der Waals surface area contributed by atoms with E-state index < -0.39 is 0 Å². The average molecular weight is 606 g/mol. The summed E-state index contributed by atoms with van der Waals surface area (Å²) in [4.78, 5) is 44.4. The van der Waals surface area contributed by atoms with E-state index in [1.807, 2.05) is 35.2 Å². The van der Waals surface area contributed by atoms with Gasteiger partial charge in [-0.15, -0.1) is 0 Å². The second kappa shape index (κ2) is 12.7. The lowest BCUT2D eigenvalue weighted by Gasteiger charge is -2.31.